The lowest BCUT2D eigenvalue weighted by atomic mass is 9.89. The average Bonchev–Trinajstić information content (AvgIpc) is 2.65. The topological polar surface area (TPSA) is 23.5 Å². The van der Waals surface area contributed by atoms with Crippen LogP contribution in [0.4, 0.5) is 0 Å². The number of likely N-dealkylation sites (tertiary alicyclic amines) is 1. The summed E-state index contributed by atoms with van der Waals surface area (Å²) in [5.41, 5.74) is -0.364. The summed E-state index contributed by atoms with van der Waals surface area (Å²) in [7, 11) is 0. The molecule has 11 heavy (non-hydrogen) atoms. The third kappa shape index (κ3) is 1.15. The van der Waals surface area contributed by atoms with Gasteiger partial charge >= 0.3 is 0 Å². The molecule has 0 aromatic carbocycles. The van der Waals surface area contributed by atoms with Gasteiger partial charge in [0.15, 0.2) is 0 Å². The summed E-state index contributed by atoms with van der Waals surface area (Å²) in [4.78, 5) is 2.11. The van der Waals surface area contributed by atoms with Crippen LogP contribution in [0, 0.1) is 18.3 Å². The van der Waals surface area contributed by atoms with Crippen LogP contribution in [0.3, 0.4) is 0 Å². The molecule has 2 fully saturated rings. The highest BCUT2D eigenvalue weighted by Crippen LogP contribution is 2.44. The molecular formula is C9H13NO. The third-order valence-electron chi connectivity index (χ3n) is 2.65. The van der Waals surface area contributed by atoms with E-state index in [2.05, 4.69) is 10.8 Å². The minimum absolute atomic E-state index is 0.364. The minimum Gasteiger partial charge on any atom is -0.387 e. The van der Waals surface area contributed by atoms with E-state index in [9.17, 15) is 5.11 Å². The van der Waals surface area contributed by atoms with Crippen molar-refractivity contribution in [1.82, 2.24) is 4.90 Å². The van der Waals surface area contributed by atoms with Crippen molar-refractivity contribution in [3.63, 3.8) is 0 Å². The Bertz CT molecular complexity index is 196. The van der Waals surface area contributed by atoms with Gasteiger partial charge in [0.1, 0.15) is 0 Å². The Kier molecular flexibility index (Phi) is 1.45. The number of nitrogens with zero attached hydrogens (tertiary/aromatic N) is 1. The Balaban J connectivity index is 1.82. The Morgan fingerprint density at radius 2 is 2.18 bits per heavy atom. The second-order valence-electron chi connectivity index (χ2n) is 3.73. The van der Waals surface area contributed by atoms with Crippen molar-refractivity contribution in [2.45, 2.75) is 18.4 Å². The van der Waals surface area contributed by atoms with Gasteiger partial charge in [-0.15, -0.1) is 6.42 Å². The van der Waals surface area contributed by atoms with Gasteiger partial charge in [-0.1, -0.05) is 5.92 Å². The lowest BCUT2D eigenvalue weighted by Crippen LogP contribution is -2.62. The minimum atomic E-state index is -0.364. The van der Waals surface area contributed by atoms with Crippen molar-refractivity contribution < 1.29 is 5.11 Å². The van der Waals surface area contributed by atoms with E-state index >= 15 is 0 Å². The summed E-state index contributed by atoms with van der Waals surface area (Å²) < 4.78 is 0. The van der Waals surface area contributed by atoms with Gasteiger partial charge in [0, 0.05) is 13.1 Å². The zero-order chi connectivity index (χ0) is 7.90. The van der Waals surface area contributed by atoms with Gasteiger partial charge in [0.25, 0.3) is 0 Å². The first kappa shape index (κ1) is 7.15. The van der Waals surface area contributed by atoms with E-state index in [-0.39, 0.29) is 5.60 Å². The number of hydrogen-bond donors (Lipinski definition) is 1. The molecule has 1 heterocycles. The first-order chi connectivity index (χ1) is 5.24. The van der Waals surface area contributed by atoms with Gasteiger partial charge in [-0.05, 0) is 18.8 Å². The Morgan fingerprint density at radius 3 is 2.64 bits per heavy atom. The van der Waals surface area contributed by atoms with Crippen LogP contribution in [0.2, 0.25) is 0 Å². The van der Waals surface area contributed by atoms with Crippen molar-refractivity contribution in [3.8, 4) is 12.3 Å². The molecule has 2 nitrogen and oxygen atoms in total. The quantitative estimate of drug-likeness (QED) is 0.565. The lowest BCUT2D eigenvalue weighted by molar-refractivity contribution is -0.107. The van der Waals surface area contributed by atoms with Gasteiger partial charge in [-0.2, -0.15) is 0 Å². The van der Waals surface area contributed by atoms with Gasteiger partial charge in [0.2, 0.25) is 0 Å². The monoisotopic (exact) mass is 151 g/mol. The van der Waals surface area contributed by atoms with Crippen molar-refractivity contribution >= 4 is 0 Å². The molecule has 1 saturated carbocycles. The van der Waals surface area contributed by atoms with E-state index in [1.807, 2.05) is 0 Å². The SMILES string of the molecule is C#CCN1CC(O)(C2CC2)C1. The molecule has 0 atom stereocenters. The molecule has 0 amide bonds. The number of hydrogen-bond acceptors (Lipinski definition) is 2. The zero-order valence-electron chi connectivity index (χ0n) is 6.58. The second kappa shape index (κ2) is 2.23. The van der Waals surface area contributed by atoms with E-state index < -0.39 is 0 Å². The van der Waals surface area contributed by atoms with Crippen LogP contribution in [0.5, 0.6) is 0 Å². The fraction of sp³-hybridized carbons (Fsp3) is 0.778. The van der Waals surface area contributed by atoms with Gasteiger partial charge in [-0.3, -0.25) is 4.90 Å². The summed E-state index contributed by atoms with van der Waals surface area (Å²) in [5, 5.41) is 9.84. The maximum absolute atomic E-state index is 9.84. The second-order valence-corrected chi connectivity index (χ2v) is 3.73. The zero-order valence-corrected chi connectivity index (χ0v) is 6.58. The van der Waals surface area contributed by atoms with Crippen LogP contribution in [-0.2, 0) is 0 Å². The molecule has 0 radical (unpaired) electrons. The van der Waals surface area contributed by atoms with Gasteiger partial charge < -0.3 is 5.11 Å². The molecule has 1 aliphatic heterocycles. The fourth-order valence-corrected chi connectivity index (χ4v) is 1.85. The van der Waals surface area contributed by atoms with Crippen LogP contribution in [0.1, 0.15) is 12.8 Å². The van der Waals surface area contributed by atoms with Crippen LogP contribution in [0.25, 0.3) is 0 Å². The first-order valence-corrected chi connectivity index (χ1v) is 4.13. The lowest BCUT2D eigenvalue weighted by Gasteiger charge is -2.46. The molecule has 1 saturated heterocycles. The van der Waals surface area contributed by atoms with Crippen LogP contribution in [-0.4, -0.2) is 35.2 Å². The van der Waals surface area contributed by atoms with Gasteiger partial charge in [0.05, 0.1) is 12.1 Å². The highest BCUT2D eigenvalue weighted by molar-refractivity contribution is 5.07. The summed E-state index contributed by atoms with van der Waals surface area (Å²) in [5.74, 6) is 3.16. The molecule has 2 rings (SSSR count). The standard InChI is InChI=1S/C9H13NO/c1-2-5-10-6-9(11,7-10)8-3-4-8/h1,8,11H,3-7H2. The Labute approximate surface area is 67.2 Å². The highest BCUT2D eigenvalue weighted by Gasteiger charge is 2.51. The summed E-state index contributed by atoms with van der Waals surface area (Å²) in [6, 6.07) is 0. The largest absolute Gasteiger partial charge is 0.387 e. The molecular weight excluding hydrogens is 138 g/mol. The summed E-state index contributed by atoms with van der Waals surface area (Å²) >= 11 is 0. The summed E-state index contributed by atoms with van der Waals surface area (Å²) in [6.07, 6.45) is 7.56. The number of rotatable bonds is 2. The van der Waals surface area contributed by atoms with E-state index in [0.717, 1.165) is 13.1 Å². The fourth-order valence-electron chi connectivity index (χ4n) is 1.85. The van der Waals surface area contributed by atoms with Crippen molar-refractivity contribution in [1.29, 1.82) is 0 Å². The number of β-amino-alcohol motifs (C(OH)–C–C–N with tert-alkyl or cyclic N) is 1. The maximum Gasteiger partial charge on any atom is 0.0928 e. The molecule has 1 aliphatic carbocycles. The van der Waals surface area contributed by atoms with Crippen molar-refractivity contribution in [2.75, 3.05) is 19.6 Å². The molecule has 0 unspecified atom stereocenters. The first-order valence-electron chi connectivity index (χ1n) is 4.13. The molecule has 1 N–H and O–H groups in total. The maximum atomic E-state index is 9.84. The van der Waals surface area contributed by atoms with Crippen molar-refractivity contribution in [3.05, 3.63) is 0 Å². The summed E-state index contributed by atoms with van der Waals surface area (Å²) in [6.45, 7) is 2.28. The smallest absolute Gasteiger partial charge is 0.0928 e. The number of terminal acetylenes is 1. The Morgan fingerprint density at radius 1 is 1.55 bits per heavy atom. The predicted octanol–water partition coefficient (Wildman–Crippen LogP) is 0.0763. The average molecular weight is 151 g/mol. The normalized spacial score (nSPS) is 29.1. The van der Waals surface area contributed by atoms with Crippen LogP contribution in [0.15, 0.2) is 0 Å². The van der Waals surface area contributed by atoms with Crippen molar-refractivity contribution in [2.24, 2.45) is 5.92 Å². The molecule has 0 bridgehead atoms. The predicted molar refractivity (Wildman–Crippen MR) is 42.9 cm³/mol. The number of aliphatic hydroxyl groups is 1. The van der Waals surface area contributed by atoms with E-state index in [1.54, 1.807) is 0 Å². The van der Waals surface area contributed by atoms with Crippen LogP contribution < -0.4 is 0 Å². The third-order valence-corrected chi connectivity index (χ3v) is 2.65. The molecule has 0 aromatic rings. The molecule has 60 valence electrons. The molecule has 2 aliphatic rings. The highest BCUT2D eigenvalue weighted by atomic mass is 16.3. The van der Waals surface area contributed by atoms with E-state index in [1.165, 1.54) is 12.8 Å². The van der Waals surface area contributed by atoms with E-state index in [4.69, 9.17) is 6.42 Å². The Hall–Kier alpha value is -0.520. The van der Waals surface area contributed by atoms with Crippen LogP contribution >= 0.6 is 0 Å². The molecule has 0 aromatic heterocycles. The van der Waals surface area contributed by atoms with Gasteiger partial charge in [-0.25, -0.2) is 0 Å². The molecule has 0 spiro atoms. The molecule has 2 heteroatoms. The van der Waals surface area contributed by atoms with E-state index in [0.29, 0.717) is 12.5 Å².